The summed E-state index contributed by atoms with van der Waals surface area (Å²) >= 11 is 0. The maximum atomic E-state index is 8.74. The third-order valence-electron chi connectivity index (χ3n) is 0. The van der Waals surface area contributed by atoms with E-state index in [2.05, 4.69) is 6.58 Å². The molecule has 0 saturated carbocycles. The van der Waals surface area contributed by atoms with Gasteiger partial charge >= 0.3 is 8.25 Å². The van der Waals surface area contributed by atoms with Gasteiger partial charge in [0.15, 0.2) is 0 Å². The van der Waals surface area contributed by atoms with Crippen LogP contribution in [0.4, 0.5) is 0 Å². The van der Waals surface area contributed by atoms with Gasteiger partial charge in [0.05, 0.1) is 0 Å². The van der Waals surface area contributed by atoms with Crippen molar-refractivity contribution in [1.82, 2.24) is 0 Å². The average Bonchev–Trinajstić information content (AvgIpc) is 1.33. The van der Waals surface area contributed by atoms with Crippen molar-refractivity contribution in [1.29, 1.82) is 0 Å². The topological polar surface area (TPSA) is 106 Å². The maximum absolute atomic E-state index is 8.74. The summed E-state index contributed by atoms with van der Waals surface area (Å²) < 4.78 is 8.74. The van der Waals surface area contributed by atoms with Crippen LogP contribution in [0, 0.1) is 0 Å². The molecular formula is C2H7O5P. The number of carbonyl (C=O) groups excluding carboxylic acids is 1. The lowest BCUT2D eigenvalue weighted by molar-refractivity contribution is 0.405. The van der Waals surface area contributed by atoms with Crippen molar-refractivity contribution in [3.8, 4) is 0 Å². The van der Waals surface area contributed by atoms with E-state index in [0.29, 0.717) is 0 Å². The van der Waals surface area contributed by atoms with E-state index in [-0.39, 0.29) is 5.48 Å². The van der Waals surface area contributed by atoms with Crippen molar-refractivity contribution in [2.24, 2.45) is 0 Å². The van der Waals surface area contributed by atoms with Crippen molar-refractivity contribution >= 4 is 14.2 Å². The number of rotatable bonds is 0. The molecule has 0 bridgehead atoms. The minimum Gasteiger partial charge on any atom is -0.412 e. The molecule has 50 valence electrons. The van der Waals surface area contributed by atoms with E-state index in [1.165, 1.54) is 5.94 Å². The Labute approximate surface area is 46.5 Å². The molecule has 6 heteroatoms. The smallest absolute Gasteiger partial charge is 0.314 e. The summed E-state index contributed by atoms with van der Waals surface area (Å²) in [6.07, 6.45) is 0. The highest BCUT2D eigenvalue weighted by molar-refractivity contribution is 7.30. The molecule has 4 N–H and O–H groups in total. The molecule has 0 saturated heterocycles. The van der Waals surface area contributed by atoms with Gasteiger partial charge in [0.25, 0.3) is 0 Å². The predicted octanol–water partition coefficient (Wildman–Crippen LogP) is -1.46. The molecule has 0 radical (unpaired) electrons. The summed E-state index contributed by atoms with van der Waals surface area (Å²) in [7, 11) is -3.13. The zero-order valence-corrected chi connectivity index (χ0v) is 4.92. The second-order valence-corrected chi connectivity index (χ2v) is 0.992. The quantitative estimate of drug-likeness (QED) is 0.318. The van der Waals surface area contributed by atoms with Crippen LogP contribution in [0.15, 0.2) is 6.58 Å². The Morgan fingerprint density at radius 3 is 1.50 bits per heavy atom. The molecule has 0 aliphatic heterocycles. The van der Waals surface area contributed by atoms with Crippen molar-refractivity contribution < 1.29 is 24.6 Å². The molecule has 0 aromatic heterocycles. The maximum Gasteiger partial charge on any atom is 0.314 e. The average molecular weight is 142 g/mol. The highest BCUT2D eigenvalue weighted by Gasteiger charge is 1.61. The van der Waals surface area contributed by atoms with Gasteiger partial charge in [0.1, 0.15) is 5.94 Å². The van der Waals surface area contributed by atoms with E-state index in [1.807, 2.05) is 0 Å². The van der Waals surface area contributed by atoms with Crippen LogP contribution in [0.2, 0.25) is 0 Å². The van der Waals surface area contributed by atoms with E-state index in [9.17, 15) is 0 Å². The summed E-state index contributed by atoms with van der Waals surface area (Å²) in [4.78, 5) is 22.9. The Morgan fingerprint density at radius 2 is 1.50 bits per heavy atom. The van der Waals surface area contributed by atoms with Crippen LogP contribution in [-0.4, -0.2) is 21.2 Å². The molecule has 0 aromatic carbocycles. The van der Waals surface area contributed by atoms with Gasteiger partial charge in [0.2, 0.25) is 0 Å². The lowest BCUT2D eigenvalue weighted by Crippen LogP contribution is -1.38. The zero-order chi connectivity index (χ0) is 6.28. The summed E-state index contributed by atoms with van der Waals surface area (Å²) in [5.41, 5.74) is 0. The van der Waals surface area contributed by atoms with Crippen molar-refractivity contribution in [3.63, 3.8) is 0 Å². The van der Waals surface area contributed by atoms with E-state index >= 15 is 0 Å². The normalized spacial score (nSPS) is 5.38. The Balaban J connectivity index is -0.0000000575. The highest BCUT2D eigenvalue weighted by atomic mass is 31.1. The summed E-state index contributed by atoms with van der Waals surface area (Å²) in [5, 5.41) is 0. The minimum absolute atomic E-state index is 0. The van der Waals surface area contributed by atoms with E-state index in [1.54, 1.807) is 0 Å². The van der Waals surface area contributed by atoms with Crippen LogP contribution < -0.4 is 0 Å². The molecule has 0 amide bonds. The monoisotopic (exact) mass is 142 g/mol. The highest BCUT2D eigenvalue weighted by Crippen LogP contribution is 1.98. The van der Waals surface area contributed by atoms with Gasteiger partial charge in [-0.25, -0.2) is 4.79 Å². The van der Waals surface area contributed by atoms with Crippen LogP contribution in [-0.2, 0) is 9.36 Å². The fourth-order valence-electron chi connectivity index (χ4n) is 0. The molecule has 0 atom stereocenters. The Bertz CT molecular complexity index is 78.4. The fourth-order valence-corrected chi connectivity index (χ4v) is 0. The lowest BCUT2D eigenvalue weighted by Gasteiger charge is -1.61. The molecular weight excluding hydrogens is 135 g/mol. The SMILES string of the molecule is C=C=O.O.O=[PH](O)O. The first-order chi connectivity index (χ1) is 3.15. The summed E-state index contributed by atoms with van der Waals surface area (Å²) in [6.45, 7) is 2.68. The van der Waals surface area contributed by atoms with Gasteiger partial charge in [0, 0.05) is 0 Å². The van der Waals surface area contributed by atoms with E-state index < -0.39 is 8.25 Å². The van der Waals surface area contributed by atoms with Crippen LogP contribution in [0.1, 0.15) is 0 Å². The number of hydrogen-bond acceptors (Lipinski definition) is 2. The van der Waals surface area contributed by atoms with Gasteiger partial charge in [-0.1, -0.05) is 0 Å². The molecule has 0 aliphatic rings. The van der Waals surface area contributed by atoms with Crippen LogP contribution >= 0.6 is 8.25 Å². The Kier molecular flexibility index (Phi) is 31.3. The first kappa shape index (κ1) is 15.6. The minimum atomic E-state index is -3.13. The summed E-state index contributed by atoms with van der Waals surface area (Å²) in [5.74, 6) is 1.25. The van der Waals surface area contributed by atoms with Crippen LogP contribution in [0.25, 0.3) is 0 Å². The van der Waals surface area contributed by atoms with Gasteiger partial charge in [-0.15, -0.1) is 0 Å². The third-order valence-corrected chi connectivity index (χ3v) is 0. The molecule has 0 aromatic rings. The van der Waals surface area contributed by atoms with E-state index in [4.69, 9.17) is 19.1 Å². The van der Waals surface area contributed by atoms with Crippen molar-refractivity contribution in [2.45, 2.75) is 0 Å². The van der Waals surface area contributed by atoms with Crippen LogP contribution in [0.5, 0.6) is 0 Å². The Morgan fingerprint density at radius 1 is 1.50 bits per heavy atom. The molecule has 0 fully saturated rings. The molecule has 0 spiro atoms. The third kappa shape index (κ3) is 597. The van der Waals surface area contributed by atoms with Crippen molar-refractivity contribution in [2.75, 3.05) is 0 Å². The number of hydrogen-bond donors (Lipinski definition) is 2. The Hall–Kier alpha value is -0.440. The second kappa shape index (κ2) is 16.0. The van der Waals surface area contributed by atoms with Gasteiger partial charge in [-0.2, -0.15) is 0 Å². The first-order valence-electron chi connectivity index (χ1n) is 1.21. The van der Waals surface area contributed by atoms with Gasteiger partial charge in [-0.3, -0.25) is 4.57 Å². The fraction of sp³-hybridized carbons (Fsp3) is 0. The molecule has 8 heavy (non-hydrogen) atoms. The van der Waals surface area contributed by atoms with Crippen molar-refractivity contribution in [3.05, 3.63) is 6.58 Å². The predicted molar refractivity (Wildman–Crippen MR) is 28.4 cm³/mol. The molecule has 0 rings (SSSR count). The standard InChI is InChI=1S/C2H2O.H3O3P.H2O/c1-2-3;1-4(2)3;/h1H2;4H,(H2,1,2,3);1H2. The van der Waals surface area contributed by atoms with Crippen LogP contribution in [0.3, 0.4) is 0 Å². The zero-order valence-electron chi connectivity index (χ0n) is 3.92. The first-order valence-corrected chi connectivity index (χ1v) is 2.51. The largest absolute Gasteiger partial charge is 0.412 e. The molecule has 0 unspecified atom stereocenters. The van der Waals surface area contributed by atoms with E-state index in [0.717, 1.165) is 0 Å². The van der Waals surface area contributed by atoms with Gasteiger partial charge < -0.3 is 15.3 Å². The molecule has 0 aliphatic carbocycles. The molecule has 5 nitrogen and oxygen atoms in total. The second-order valence-electron chi connectivity index (χ2n) is 0.427. The summed E-state index contributed by atoms with van der Waals surface area (Å²) in [6, 6.07) is 0. The molecule has 0 heterocycles. The lowest BCUT2D eigenvalue weighted by atomic mass is 11.2. The van der Waals surface area contributed by atoms with Gasteiger partial charge in [-0.05, 0) is 6.58 Å².